The van der Waals surface area contributed by atoms with Crippen molar-refractivity contribution in [2.24, 2.45) is 5.92 Å². The predicted octanol–water partition coefficient (Wildman–Crippen LogP) is 2.75. The molecule has 1 unspecified atom stereocenters. The van der Waals surface area contributed by atoms with Crippen LogP contribution in [0.15, 0.2) is 0 Å². The standard InChI is InChI=1S/C14H22ClN5/c1-11-6-5-9-20(10-11)14-17-12(15)16-13(18-14)19-7-3-2-4-8-19/h11H,2-10H2,1H3. The topological polar surface area (TPSA) is 45.2 Å². The first-order valence-corrected chi connectivity index (χ1v) is 8.01. The Bertz CT molecular complexity index is 461. The molecule has 1 aromatic rings. The first-order valence-electron chi connectivity index (χ1n) is 7.64. The minimum atomic E-state index is 0.314. The van der Waals surface area contributed by atoms with Crippen molar-refractivity contribution in [1.82, 2.24) is 15.0 Å². The van der Waals surface area contributed by atoms with Gasteiger partial charge in [0.2, 0.25) is 17.2 Å². The van der Waals surface area contributed by atoms with Crippen LogP contribution in [0.5, 0.6) is 0 Å². The van der Waals surface area contributed by atoms with E-state index in [1.165, 1.54) is 32.1 Å². The van der Waals surface area contributed by atoms with Gasteiger partial charge in [-0.2, -0.15) is 15.0 Å². The maximum absolute atomic E-state index is 6.11. The number of halogens is 1. The number of hydrogen-bond donors (Lipinski definition) is 0. The van der Waals surface area contributed by atoms with Crippen LogP contribution < -0.4 is 9.80 Å². The summed E-state index contributed by atoms with van der Waals surface area (Å²) in [5.41, 5.74) is 0. The summed E-state index contributed by atoms with van der Waals surface area (Å²) in [5, 5.41) is 0.314. The SMILES string of the molecule is CC1CCCN(c2nc(Cl)nc(N3CCCCC3)n2)C1. The molecule has 0 N–H and O–H groups in total. The van der Waals surface area contributed by atoms with Gasteiger partial charge in [0, 0.05) is 26.2 Å². The zero-order valence-corrected chi connectivity index (χ0v) is 12.8. The lowest BCUT2D eigenvalue weighted by atomic mass is 10.0. The largest absolute Gasteiger partial charge is 0.341 e. The molecule has 0 aromatic carbocycles. The number of aromatic nitrogens is 3. The molecule has 0 spiro atoms. The van der Waals surface area contributed by atoms with Crippen molar-refractivity contribution >= 4 is 23.5 Å². The molecule has 2 aliphatic rings. The number of rotatable bonds is 2. The lowest BCUT2D eigenvalue weighted by molar-refractivity contribution is 0.441. The average molecular weight is 296 g/mol. The molecule has 1 atom stereocenters. The van der Waals surface area contributed by atoms with Crippen molar-refractivity contribution in [3.05, 3.63) is 5.28 Å². The van der Waals surface area contributed by atoms with Crippen LogP contribution in [0.1, 0.15) is 39.0 Å². The Morgan fingerprint density at radius 3 is 2.25 bits per heavy atom. The Labute approximate surface area is 125 Å². The van der Waals surface area contributed by atoms with Crippen LogP contribution in [0.4, 0.5) is 11.9 Å². The van der Waals surface area contributed by atoms with Crippen LogP contribution in [0.25, 0.3) is 0 Å². The zero-order chi connectivity index (χ0) is 13.9. The molecule has 0 radical (unpaired) electrons. The fourth-order valence-electron chi connectivity index (χ4n) is 3.08. The van der Waals surface area contributed by atoms with E-state index in [0.29, 0.717) is 11.2 Å². The highest BCUT2D eigenvalue weighted by Gasteiger charge is 2.22. The molecular weight excluding hydrogens is 274 g/mol. The fourth-order valence-corrected chi connectivity index (χ4v) is 3.23. The van der Waals surface area contributed by atoms with Crippen molar-refractivity contribution in [3.8, 4) is 0 Å². The Hall–Kier alpha value is -1.10. The summed E-state index contributed by atoms with van der Waals surface area (Å²) in [6.07, 6.45) is 6.20. The Balaban J connectivity index is 1.82. The number of nitrogens with zero attached hydrogens (tertiary/aromatic N) is 5. The quantitative estimate of drug-likeness (QED) is 0.839. The molecule has 2 fully saturated rings. The number of piperidine rings is 2. The summed E-state index contributed by atoms with van der Waals surface area (Å²) >= 11 is 6.11. The maximum Gasteiger partial charge on any atom is 0.231 e. The van der Waals surface area contributed by atoms with Gasteiger partial charge in [-0.25, -0.2) is 0 Å². The number of anilines is 2. The van der Waals surface area contributed by atoms with Crippen LogP contribution >= 0.6 is 11.6 Å². The molecule has 2 aliphatic heterocycles. The molecule has 3 heterocycles. The summed E-state index contributed by atoms with van der Waals surface area (Å²) in [4.78, 5) is 17.8. The van der Waals surface area contributed by atoms with E-state index in [4.69, 9.17) is 11.6 Å². The predicted molar refractivity (Wildman–Crippen MR) is 81.5 cm³/mol. The van der Waals surface area contributed by atoms with Gasteiger partial charge in [0.05, 0.1) is 0 Å². The molecule has 0 amide bonds. The van der Waals surface area contributed by atoms with Crippen molar-refractivity contribution in [2.75, 3.05) is 36.0 Å². The molecule has 0 aliphatic carbocycles. The van der Waals surface area contributed by atoms with Crippen LogP contribution in [0.2, 0.25) is 5.28 Å². The third-order valence-corrected chi connectivity index (χ3v) is 4.33. The van der Waals surface area contributed by atoms with Gasteiger partial charge in [0.1, 0.15) is 0 Å². The molecule has 5 nitrogen and oxygen atoms in total. The summed E-state index contributed by atoms with van der Waals surface area (Å²) in [6, 6.07) is 0. The highest BCUT2D eigenvalue weighted by Crippen LogP contribution is 2.23. The smallest absolute Gasteiger partial charge is 0.231 e. The lowest BCUT2D eigenvalue weighted by Gasteiger charge is -2.32. The van der Waals surface area contributed by atoms with Crippen LogP contribution in [0.3, 0.4) is 0 Å². The molecule has 0 saturated carbocycles. The van der Waals surface area contributed by atoms with Gasteiger partial charge < -0.3 is 9.80 Å². The molecular formula is C14H22ClN5. The fraction of sp³-hybridized carbons (Fsp3) is 0.786. The van der Waals surface area contributed by atoms with E-state index >= 15 is 0 Å². The monoisotopic (exact) mass is 295 g/mol. The van der Waals surface area contributed by atoms with Crippen molar-refractivity contribution in [1.29, 1.82) is 0 Å². The minimum absolute atomic E-state index is 0.314. The number of hydrogen-bond acceptors (Lipinski definition) is 5. The molecule has 0 bridgehead atoms. The Kier molecular flexibility index (Phi) is 4.24. The van der Waals surface area contributed by atoms with E-state index in [0.717, 1.165) is 38.1 Å². The summed E-state index contributed by atoms with van der Waals surface area (Å²) < 4.78 is 0. The first-order chi connectivity index (χ1) is 9.72. The van der Waals surface area contributed by atoms with Gasteiger partial charge in [-0.3, -0.25) is 0 Å². The molecule has 3 rings (SSSR count). The molecule has 1 aromatic heterocycles. The van der Waals surface area contributed by atoms with Crippen LogP contribution in [-0.2, 0) is 0 Å². The van der Waals surface area contributed by atoms with Gasteiger partial charge in [0.15, 0.2) is 0 Å². The normalized spacial score (nSPS) is 24.0. The van der Waals surface area contributed by atoms with Gasteiger partial charge in [-0.1, -0.05) is 6.92 Å². The van der Waals surface area contributed by atoms with E-state index in [9.17, 15) is 0 Å². The van der Waals surface area contributed by atoms with Crippen molar-refractivity contribution in [3.63, 3.8) is 0 Å². The summed E-state index contributed by atoms with van der Waals surface area (Å²) in [7, 11) is 0. The van der Waals surface area contributed by atoms with E-state index in [1.54, 1.807) is 0 Å². The lowest BCUT2D eigenvalue weighted by Crippen LogP contribution is -2.37. The zero-order valence-electron chi connectivity index (χ0n) is 12.1. The molecule has 110 valence electrons. The van der Waals surface area contributed by atoms with Crippen LogP contribution in [0, 0.1) is 5.92 Å². The average Bonchev–Trinajstić information content (AvgIpc) is 2.47. The second-order valence-corrected chi connectivity index (χ2v) is 6.28. The second kappa shape index (κ2) is 6.12. The Morgan fingerprint density at radius 2 is 1.55 bits per heavy atom. The van der Waals surface area contributed by atoms with Gasteiger partial charge >= 0.3 is 0 Å². The van der Waals surface area contributed by atoms with Crippen molar-refractivity contribution < 1.29 is 0 Å². The van der Waals surface area contributed by atoms with E-state index in [1.807, 2.05) is 0 Å². The second-order valence-electron chi connectivity index (χ2n) is 5.95. The van der Waals surface area contributed by atoms with Gasteiger partial charge in [-0.15, -0.1) is 0 Å². The molecule has 2 saturated heterocycles. The highest BCUT2D eigenvalue weighted by molar-refractivity contribution is 6.28. The van der Waals surface area contributed by atoms with Gasteiger partial charge in [0.25, 0.3) is 0 Å². The third kappa shape index (κ3) is 3.14. The van der Waals surface area contributed by atoms with Gasteiger partial charge in [-0.05, 0) is 49.6 Å². The molecule has 6 heteroatoms. The van der Waals surface area contributed by atoms with Crippen molar-refractivity contribution in [2.45, 2.75) is 39.0 Å². The summed E-state index contributed by atoms with van der Waals surface area (Å²) in [6.45, 7) is 6.36. The van der Waals surface area contributed by atoms with E-state index in [-0.39, 0.29) is 0 Å². The highest BCUT2D eigenvalue weighted by atomic mass is 35.5. The molecule has 20 heavy (non-hydrogen) atoms. The summed E-state index contributed by atoms with van der Waals surface area (Å²) in [5.74, 6) is 2.19. The van der Waals surface area contributed by atoms with Crippen LogP contribution in [-0.4, -0.2) is 41.1 Å². The van der Waals surface area contributed by atoms with E-state index in [2.05, 4.69) is 31.7 Å². The third-order valence-electron chi connectivity index (χ3n) is 4.16. The minimum Gasteiger partial charge on any atom is -0.341 e. The van der Waals surface area contributed by atoms with E-state index < -0.39 is 0 Å². The Morgan fingerprint density at radius 1 is 0.900 bits per heavy atom. The maximum atomic E-state index is 6.11. The first kappa shape index (κ1) is 13.9.